The average molecular weight is 193 g/mol. The van der Waals surface area contributed by atoms with Gasteiger partial charge in [0.25, 0.3) is 0 Å². The van der Waals surface area contributed by atoms with Crippen LogP contribution in [0.15, 0.2) is 6.07 Å². The Hall–Kier alpha value is -1.36. The monoisotopic (exact) mass is 193 g/mol. The molecule has 14 heavy (non-hydrogen) atoms. The molecule has 1 radical (unpaired) electrons. The molecule has 0 saturated carbocycles. The van der Waals surface area contributed by atoms with Crippen LogP contribution in [0.3, 0.4) is 0 Å². The fraction of sp³-hybridized carbons (Fsp3) is 0.556. The van der Waals surface area contributed by atoms with E-state index in [1.165, 1.54) is 0 Å². The van der Waals surface area contributed by atoms with Gasteiger partial charge in [0.1, 0.15) is 5.82 Å². The van der Waals surface area contributed by atoms with Gasteiger partial charge in [0.05, 0.1) is 0 Å². The molecule has 0 aromatic carbocycles. The number of nitrogens with two attached hydrogens (primary N) is 1. The standard InChI is InChI=1S/C9H13N4O/c10-7-1-3-13(4-2-7)8-5-9(14)12-6-11-8/h5,7H,1-4,10H2,(H,11,12,14). The van der Waals surface area contributed by atoms with E-state index < -0.39 is 0 Å². The largest absolute Gasteiger partial charge is 0.493 e. The number of rotatable bonds is 1. The van der Waals surface area contributed by atoms with Crippen molar-refractivity contribution < 1.29 is 5.11 Å². The Bertz CT molecular complexity index is 309. The summed E-state index contributed by atoms with van der Waals surface area (Å²) in [6.07, 6.45) is 4.34. The number of aromatic nitrogens is 2. The lowest BCUT2D eigenvalue weighted by Gasteiger charge is -2.30. The van der Waals surface area contributed by atoms with Gasteiger partial charge in [-0.1, -0.05) is 0 Å². The second-order valence-corrected chi connectivity index (χ2v) is 3.51. The third-order valence-electron chi connectivity index (χ3n) is 2.45. The Balaban J connectivity index is 2.08. The number of hydrogen-bond acceptors (Lipinski definition) is 5. The van der Waals surface area contributed by atoms with E-state index in [0.717, 1.165) is 31.7 Å². The van der Waals surface area contributed by atoms with Crippen molar-refractivity contribution in [3.05, 3.63) is 12.4 Å². The molecule has 1 saturated heterocycles. The maximum atomic E-state index is 9.16. The van der Waals surface area contributed by atoms with Crippen LogP contribution < -0.4 is 10.6 Å². The first-order chi connectivity index (χ1) is 6.75. The Morgan fingerprint density at radius 3 is 2.79 bits per heavy atom. The van der Waals surface area contributed by atoms with Crippen molar-refractivity contribution in [2.45, 2.75) is 18.9 Å². The molecule has 1 aliphatic rings. The van der Waals surface area contributed by atoms with Crippen molar-refractivity contribution in [1.29, 1.82) is 0 Å². The van der Waals surface area contributed by atoms with Crippen molar-refractivity contribution in [3.8, 4) is 5.88 Å². The topological polar surface area (TPSA) is 75.3 Å². The van der Waals surface area contributed by atoms with E-state index >= 15 is 0 Å². The molecule has 1 aliphatic heterocycles. The molecule has 0 unspecified atom stereocenters. The molecule has 75 valence electrons. The van der Waals surface area contributed by atoms with Crippen LogP contribution in [-0.4, -0.2) is 34.2 Å². The highest BCUT2D eigenvalue weighted by atomic mass is 16.3. The first-order valence-corrected chi connectivity index (χ1v) is 4.70. The van der Waals surface area contributed by atoms with E-state index in [4.69, 9.17) is 10.8 Å². The summed E-state index contributed by atoms with van der Waals surface area (Å²) in [6.45, 7) is 1.76. The quantitative estimate of drug-likeness (QED) is 0.652. The smallest absolute Gasteiger partial charge is 0.216 e. The fourth-order valence-electron chi connectivity index (χ4n) is 1.60. The van der Waals surface area contributed by atoms with Gasteiger partial charge < -0.3 is 15.7 Å². The van der Waals surface area contributed by atoms with Crippen molar-refractivity contribution in [2.24, 2.45) is 5.73 Å². The van der Waals surface area contributed by atoms with E-state index in [-0.39, 0.29) is 5.88 Å². The minimum atomic E-state index is -0.0372. The van der Waals surface area contributed by atoms with E-state index in [1.807, 2.05) is 0 Å². The van der Waals surface area contributed by atoms with E-state index in [1.54, 1.807) is 6.07 Å². The van der Waals surface area contributed by atoms with Crippen LogP contribution in [0.1, 0.15) is 12.8 Å². The third-order valence-corrected chi connectivity index (χ3v) is 2.45. The molecular formula is C9H13N4O. The highest BCUT2D eigenvalue weighted by molar-refractivity contribution is 5.40. The van der Waals surface area contributed by atoms with Crippen LogP contribution in [0, 0.1) is 6.33 Å². The van der Waals surface area contributed by atoms with E-state index in [9.17, 15) is 0 Å². The molecule has 1 fully saturated rings. The Morgan fingerprint density at radius 2 is 2.14 bits per heavy atom. The lowest BCUT2D eigenvalue weighted by molar-refractivity contribution is 0.449. The molecule has 1 aromatic rings. The van der Waals surface area contributed by atoms with E-state index in [0.29, 0.717) is 6.04 Å². The van der Waals surface area contributed by atoms with Crippen LogP contribution in [-0.2, 0) is 0 Å². The Kier molecular flexibility index (Phi) is 2.49. The van der Waals surface area contributed by atoms with Gasteiger partial charge in [0, 0.05) is 25.2 Å². The van der Waals surface area contributed by atoms with Gasteiger partial charge in [-0.2, -0.15) is 4.98 Å². The van der Waals surface area contributed by atoms with Gasteiger partial charge in [-0.15, -0.1) is 0 Å². The van der Waals surface area contributed by atoms with Gasteiger partial charge in [0.15, 0.2) is 0 Å². The lowest BCUT2D eigenvalue weighted by Crippen LogP contribution is -2.40. The summed E-state index contributed by atoms with van der Waals surface area (Å²) >= 11 is 0. The second kappa shape index (κ2) is 3.79. The van der Waals surface area contributed by atoms with Crippen molar-refractivity contribution in [3.63, 3.8) is 0 Å². The minimum absolute atomic E-state index is 0.0372. The molecule has 0 spiro atoms. The molecule has 3 N–H and O–H groups in total. The number of aromatic hydroxyl groups is 1. The summed E-state index contributed by atoms with van der Waals surface area (Å²) in [7, 11) is 0. The molecule has 5 nitrogen and oxygen atoms in total. The predicted octanol–water partition coefficient (Wildman–Crippen LogP) is -0.0901. The maximum Gasteiger partial charge on any atom is 0.216 e. The van der Waals surface area contributed by atoms with Gasteiger partial charge in [0.2, 0.25) is 12.2 Å². The van der Waals surface area contributed by atoms with Gasteiger partial charge in [-0.05, 0) is 12.8 Å². The first kappa shape index (κ1) is 9.21. The molecule has 1 aromatic heterocycles. The summed E-state index contributed by atoms with van der Waals surface area (Å²) in [6, 6.07) is 1.85. The molecule has 0 aliphatic carbocycles. The summed E-state index contributed by atoms with van der Waals surface area (Å²) in [5.41, 5.74) is 5.79. The zero-order valence-electron chi connectivity index (χ0n) is 7.85. The number of piperidine rings is 1. The number of anilines is 1. The average Bonchev–Trinajstić information content (AvgIpc) is 2.19. The molecule has 2 rings (SSSR count). The second-order valence-electron chi connectivity index (χ2n) is 3.51. The molecule has 0 atom stereocenters. The van der Waals surface area contributed by atoms with E-state index in [2.05, 4.69) is 21.2 Å². The highest BCUT2D eigenvalue weighted by Crippen LogP contribution is 2.18. The zero-order valence-corrected chi connectivity index (χ0v) is 7.85. The summed E-state index contributed by atoms with van der Waals surface area (Å²) in [4.78, 5) is 9.58. The van der Waals surface area contributed by atoms with Crippen molar-refractivity contribution in [2.75, 3.05) is 18.0 Å². The Morgan fingerprint density at radius 1 is 1.43 bits per heavy atom. The SMILES string of the molecule is NC1CCN(c2cc(O)n[c]n2)CC1. The summed E-state index contributed by atoms with van der Waals surface area (Å²) in [5.74, 6) is 0.689. The highest BCUT2D eigenvalue weighted by Gasteiger charge is 2.17. The first-order valence-electron chi connectivity index (χ1n) is 4.70. The summed E-state index contributed by atoms with van der Waals surface area (Å²) in [5, 5.41) is 9.16. The van der Waals surface area contributed by atoms with Crippen LogP contribution in [0.4, 0.5) is 5.82 Å². The number of nitrogens with zero attached hydrogens (tertiary/aromatic N) is 3. The van der Waals surface area contributed by atoms with Gasteiger partial charge in [-0.3, -0.25) is 0 Å². The summed E-state index contributed by atoms with van der Waals surface area (Å²) < 4.78 is 0. The molecular weight excluding hydrogens is 180 g/mol. The van der Waals surface area contributed by atoms with Crippen LogP contribution in [0.2, 0.25) is 0 Å². The van der Waals surface area contributed by atoms with Crippen LogP contribution in [0.25, 0.3) is 0 Å². The predicted molar refractivity (Wildman–Crippen MR) is 52.0 cm³/mol. The fourth-order valence-corrected chi connectivity index (χ4v) is 1.60. The van der Waals surface area contributed by atoms with Gasteiger partial charge in [-0.25, -0.2) is 4.98 Å². The molecule has 2 heterocycles. The van der Waals surface area contributed by atoms with Crippen LogP contribution in [0.5, 0.6) is 5.88 Å². The zero-order chi connectivity index (χ0) is 9.97. The normalized spacial score (nSPS) is 18.5. The van der Waals surface area contributed by atoms with Gasteiger partial charge >= 0.3 is 0 Å². The maximum absolute atomic E-state index is 9.16. The minimum Gasteiger partial charge on any atom is -0.493 e. The third kappa shape index (κ3) is 1.93. The van der Waals surface area contributed by atoms with Crippen molar-refractivity contribution >= 4 is 5.82 Å². The number of hydrogen-bond donors (Lipinski definition) is 2. The van der Waals surface area contributed by atoms with Crippen LogP contribution >= 0.6 is 0 Å². The Labute approximate surface area is 82.6 Å². The molecule has 0 amide bonds. The molecule has 5 heteroatoms. The van der Waals surface area contributed by atoms with Crippen molar-refractivity contribution in [1.82, 2.24) is 9.97 Å². The molecule has 0 bridgehead atoms. The lowest BCUT2D eigenvalue weighted by atomic mass is 10.1.